The van der Waals surface area contributed by atoms with Crippen LogP contribution in [0.15, 0.2) is 24.3 Å². The number of hydrogen-bond donors (Lipinski definition) is 1. The van der Waals surface area contributed by atoms with Gasteiger partial charge in [-0.25, -0.2) is 9.18 Å². The van der Waals surface area contributed by atoms with Crippen molar-refractivity contribution in [2.75, 3.05) is 13.1 Å². The smallest absolute Gasteiger partial charge is 0.334 e. The van der Waals surface area contributed by atoms with Gasteiger partial charge in [-0.3, -0.25) is 4.79 Å². The molecule has 126 valence electrons. The second-order valence-corrected chi connectivity index (χ2v) is 6.22. The van der Waals surface area contributed by atoms with Gasteiger partial charge in [-0.2, -0.15) is 0 Å². The fourth-order valence-electron chi connectivity index (χ4n) is 2.86. The number of benzene rings is 1. The lowest BCUT2D eigenvalue weighted by Gasteiger charge is -2.35. The summed E-state index contributed by atoms with van der Waals surface area (Å²) in [5, 5.41) is 9.06. The Morgan fingerprint density at radius 1 is 1.43 bits per heavy atom. The van der Waals surface area contributed by atoms with Gasteiger partial charge in [0.25, 0.3) is 0 Å². The second kappa shape index (κ2) is 7.55. The maximum Gasteiger partial charge on any atom is 0.334 e. The highest BCUT2D eigenvalue weighted by atomic mass is 19.1. The minimum absolute atomic E-state index is 0.0470. The SMILES string of the molecule is CC(CC(=O)N1CC(C(=O)O)O[C@H](C)C1)Cc1cccc(F)c1. The molecule has 0 bridgehead atoms. The van der Waals surface area contributed by atoms with Gasteiger partial charge in [-0.15, -0.1) is 0 Å². The highest BCUT2D eigenvalue weighted by molar-refractivity contribution is 5.79. The average molecular weight is 323 g/mol. The van der Waals surface area contributed by atoms with Gasteiger partial charge in [-0.1, -0.05) is 19.1 Å². The van der Waals surface area contributed by atoms with E-state index in [4.69, 9.17) is 9.84 Å². The molecule has 1 aliphatic rings. The van der Waals surface area contributed by atoms with Crippen molar-refractivity contribution in [1.29, 1.82) is 0 Å². The number of carboxylic acid groups (broad SMARTS) is 1. The molecule has 1 fully saturated rings. The summed E-state index contributed by atoms with van der Waals surface area (Å²) in [6, 6.07) is 6.35. The van der Waals surface area contributed by atoms with Crippen LogP contribution in [0.2, 0.25) is 0 Å². The van der Waals surface area contributed by atoms with E-state index in [1.165, 1.54) is 12.1 Å². The zero-order valence-electron chi connectivity index (χ0n) is 13.4. The van der Waals surface area contributed by atoms with Crippen LogP contribution in [-0.2, 0) is 20.7 Å². The first kappa shape index (κ1) is 17.4. The highest BCUT2D eigenvalue weighted by Crippen LogP contribution is 2.17. The van der Waals surface area contributed by atoms with Crippen molar-refractivity contribution < 1.29 is 23.8 Å². The Bertz CT molecular complexity index is 577. The molecular weight excluding hydrogens is 301 g/mol. The Morgan fingerprint density at radius 3 is 2.83 bits per heavy atom. The third-order valence-electron chi connectivity index (χ3n) is 3.88. The van der Waals surface area contributed by atoms with Crippen LogP contribution in [0.3, 0.4) is 0 Å². The van der Waals surface area contributed by atoms with Crippen molar-refractivity contribution in [2.45, 2.75) is 38.9 Å². The molecule has 23 heavy (non-hydrogen) atoms. The van der Waals surface area contributed by atoms with E-state index in [-0.39, 0.29) is 30.3 Å². The standard InChI is InChI=1S/C17H22FNO4/c1-11(6-13-4-3-5-14(18)8-13)7-16(20)19-9-12(2)23-15(10-19)17(21)22/h3-5,8,11-12,15H,6-7,9-10H2,1-2H3,(H,21,22)/t11?,12-,15?/m1/s1. The molecule has 3 atom stereocenters. The van der Waals surface area contributed by atoms with Crippen LogP contribution < -0.4 is 0 Å². The largest absolute Gasteiger partial charge is 0.479 e. The van der Waals surface area contributed by atoms with E-state index in [1.807, 2.05) is 13.0 Å². The van der Waals surface area contributed by atoms with Gasteiger partial charge in [0.2, 0.25) is 5.91 Å². The fourth-order valence-corrected chi connectivity index (χ4v) is 2.86. The van der Waals surface area contributed by atoms with E-state index in [0.717, 1.165) is 5.56 Å². The molecule has 0 radical (unpaired) electrons. The first-order valence-corrected chi connectivity index (χ1v) is 7.75. The highest BCUT2D eigenvalue weighted by Gasteiger charge is 2.32. The molecule has 0 aliphatic carbocycles. The van der Waals surface area contributed by atoms with Gasteiger partial charge >= 0.3 is 5.97 Å². The Morgan fingerprint density at radius 2 is 2.17 bits per heavy atom. The van der Waals surface area contributed by atoms with Gasteiger partial charge in [0, 0.05) is 13.0 Å². The summed E-state index contributed by atoms with van der Waals surface area (Å²) in [7, 11) is 0. The number of halogens is 1. The van der Waals surface area contributed by atoms with Crippen LogP contribution in [-0.4, -0.2) is 47.2 Å². The molecule has 2 rings (SSSR count). The summed E-state index contributed by atoms with van der Waals surface area (Å²) in [6.07, 6.45) is -0.366. The molecule has 1 aromatic carbocycles. The van der Waals surface area contributed by atoms with Crippen molar-refractivity contribution in [2.24, 2.45) is 5.92 Å². The molecule has 0 saturated carbocycles. The number of morpholine rings is 1. The lowest BCUT2D eigenvalue weighted by Crippen LogP contribution is -2.52. The van der Waals surface area contributed by atoms with E-state index >= 15 is 0 Å². The molecule has 1 aromatic rings. The number of amides is 1. The summed E-state index contributed by atoms with van der Waals surface area (Å²) in [4.78, 5) is 25.0. The molecule has 2 unspecified atom stereocenters. The zero-order valence-corrected chi connectivity index (χ0v) is 13.4. The third kappa shape index (κ3) is 5.03. The molecule has 6 heteroatoms. The lowest BCUT2D eigenvalue weighted by molar-refractivity contribution is -0.166. The molecule has 0 aromatic heterocycles. The normalized spacial score (nSPS) is 22.7. The van der Waals surface area contributed by atoms with E-state index in [1.54, 1.807) is 17.9 Å². The first-order chi connectivity index (χ1) is 10.8. The fraction of sp³-hybridized carbons (Fsp3) is 0.529. The number of carboxylic acids is 1. The molecule has 1 amide bonds. The maximum atomic E-state index is 13.2. The average Bonchev–Trinajstić information content (AvgIpc) is 2.46. The monoisotopic (exact) mass is 323 g/mol. The molecular formula is C17H22FNO4. The molecule has 1 N–H and O–H groups in total. The molecule has 0 spiro atoms. The van der Waals surface area contributed by atoms with E-state index in [2.05, 4.69) is 0 Å². The van der Waals surface area contributed by atoms with Gasteiger partial charge in [0.1, 0.15) is 5.82 Å². The van der Waals surface area contributed by atoms with Crippen molar-refractivity contribution in [3.63, 3.8) is 0 Å². The van der Waals surface area contributed by atoms with E-state index in [9.17, 15) is 14.0 Å². The van der Waals surface area contributed by atoms with Crippen molar-refractivity contribution in [3.05, 3.63) is 35.6 Å². The van der Waals surface area contributed by atoms with Crippen LogP contribution in [0.25, 0.3) is 0 Å². The minimum atomic E-state index is -1.05. The Hall–Kier alpha value is -1.95. The van der Waals surface area contributed by atoms with Crippen molar-refractivity contribution in [3.8, 4) is 0 Å². The van der Waals surface area contributed by atoms with Crippen LogP contribution in [0.1, 0.15) is 25.8 Å². The summed E-state index contributed by atoms with van der Waals surface area (Å²) in [5.41, 5.74) is 0.851. The molecule has 1 aliphatic heterocycles. The van der Waals surface area contributed by atoms with Gasteiger partial charge < -0.3 is 14.7 Å². The number of carbonyl (C=O) groups excluding carboxylic acids is 1. The van der Waals surface area contributed by atoms with Crippen LogP contribution in [0.5, 0.6) is 0 Å². The predicted molar refractivity (Wildman–Crippen MR) is 82.4 cm³/mol. The van der Waals surface area contributed by atoms with Crippen molar-refractivity contribution >= 4 is 11.9 Å². The number of nitrogens with zero attached hydrogens (tertiary/aromatic N) is 1. The number of rotatable bonds is 5. The number of hydrogen-bond acceptors (Lipinski definition) is 3. The minimum Gasteiger partial charge on any atom is -0.479 e. The van der Waals surface area contributed by atoms with Crippen LogP contribution in [0, 0.1) is 11.7 Å². The predicted octanol–water partition coefficient (Wildman–Crippen LogP) is 2.09. The Labute approximate surface area is 135 Å². The molecule has 5 nitrogen and oxygen atoms in total. The summed E-state index contributed by atoms with van der Waals surface area (Å²) in [6.45, 7) is 4.16. The lowest BCUT2D eigenvalue weighted by atomic mass is 9.97. The van der Waals surface area contributed by atoms with Crippen LogP contribution in [0.4, 0.5) is 4.39 Å². The first-order valence-electron chi connectivity index (χ1n) is 7.75. The van der Waals surface area contributed by atoms with Gasteiger partial charge in [-0.05, 0) is 37.0 Å². The van der Waals surface area contributed by atoms with Crippen molar-refractivity contribution in [1.82, 2.24) is 4.90 Å². The topological polar surface area (TPSA) is 66.8 Å². The quantitative estimate of drug-likeness (QED) is 0.901. The van der Waals surface area contributed by atoms with Gasteiger partial charge in [0.15, 0.2) is 6.10 Å². The number of carbonyl (C=O) groups is 2. The molecule has 1 heterocycles. The summed E-state index contributed by atoms with van der Waals surface area (Å²) < 4.78 is 18.5. The Balaban J connectivity index is 1.91. The van der Waals surface area contributed by atoms with E-state index in [0.29, 0.717) is 19.4 Å². The Kier molecular flexibility index (Phi) is 5.71. The summed E-state index contributed by atoms with van der Waals surface area (Å²) >= 11 is 0. The zero-order chi connectivity index (χ0) is 17.0. The van der Waals surface area contributed by atoms with E-state index < -0.39 is 12.1 Å². The third-order valence-corrected chi connectivity index (χ3v) is 3.88. The molecule has 1 saturated heterocycles. The van der Waals surface area contributed by atoms with Crippen LogP contribution >= 0.6 is 0 Å². The number of ether oxygens (including phenoxy) is 1. The maximum absolute atomic E-state index is 13.2. The van der Waals surface area contributed by atoms with Gasteiger partial charge in [0.05, 0.1) is 12.6 Å². The second-order valence-electron chi connectivity index (χ2n) is 6.22. The number of aliphatic carboxylic acids is 1. The summed E-state index contributed by atoms with van der Waals surface area (Å²) in [5.74, 6) is -1.38.